The van der Waals surface area contributed by atoms with Crippen LogP contribution in [0.5, 0.6) is 5.75 Å². The molecule has 1 aliphatic rings. The number of nitrogens with zero attached hydrogens (tertiary/aromatic N) is 3. The third-order valence-electron chi connectivity index (χ3n) is 4.54. The van der Waals surface area contributed by atoms with Gasteiger partial charge in [-0.15, -0.1) is 12.4 Å². The van der Waals surface area contributed by atoms with E-state index in [9.17, 15) is 18.0 Å². The number of ether oxygens (including phenoxy) is 1. The smallest absolute Gasteiger partial charge is 0.263 e. The van der Waals surface area contributed by atoms with Gasteiger partial charge in [0.2, 0.25) is 15.9 Å². The molecule has 12 heteroatoms. The van der Waals surface area contributed by atoms with Gasteiger partial charge in [-0.1, -0.05) is 6.07 Å². The van der Waals surface area contributed by atoms with E-state index in [1.54, 1.807) is 24.4 Å². The van der Waals surface area contributed by atoms with Crippen LogP contribution in [-0.2, 0) is 26.2 Å². The number of rotatable bonds is 6. The molecular formula is C18H21ClN4O6S. The number of hydrogen-bond acceptors (Lipinski definition) is 7. The maximum atomic E-state index is 13.1. The number of sulfonamides is 1. The largest absolute Gasteiger partial charge is 0.497 e. The molecule has 0 radical (unpaired) electrons. The lowest BCUT2D eigenvalue weighted by Crippen LogP contribution is -2.62. The van der Waals surface area contributed by atoms with Gasteiger partial charge in [0.05, 0.1) is 30.8 Å². The van der Waals surface area contributed by atoms with Gasteiger partial charge in [-0.05, 0) is 36.4 Å². The molecular weight excluding hydrogens is 436 g/mol. The molecule has 0 spiro atoms. The van der Waals surface area contributed by atoms with Crippen LogP contribution in [0.3, 0.4) is 0 Å². The standard InChI is InChI=1S/C18H20N4O6S.ClH/c1-28-14-5-7-15(8-6-14)29(26,27)22-12-17(23)21(11-16(22)18(24)20-25)10-13-4-2-3-9-19-13;/h2-9,16,25H,10-12H2,1H3,(H,20,24);1H. The normalized spacial score (nSPS) is 17.2. The maximum Gasteiger partial charge on any atom is 0.263 e. The number of aromatic nitrogens is 1. The van der Waals surface area contributed by atoms with E-state index in [0.717, 1.165) is 4.31 Å². The van der Waals surface area contributed by atoms with Crippen molar-refractivity contribution in [3.8, 4) is 5.75 Å². The van der Waals surface area contributed by atoms with Crippen LogP contribution in [0.25, 0.3) is 0 Å². The van der Waals surface area contributed by atoms with Crippen molar-refractivity contribution in [1.82, 2.24) is 19.7 Å². The van der Waals surface area contributed by atoms with Crippen LogP contribution in [0.1, 0.15) is 5.69 Å². The van der Waals surface area contributed by atoms with Crippen molar-refractivity contribution in [3.05, 3.63) is 54.4 Å². The van der Waals surface area contributed by atoms with E-state index in [-0.39, 0.29) is 30.4 Å². The lowest BCUT2D eigenvalue weighted by Gasteiger charge is -2.38. The summed E-state index contributed by atoms with van der Waals surface area (Å²) in [4.78, 5) is 30.2. The number of pyridine rings is 1. The fourth-order valence-electron chi connectivity index (χ4n) is 3.01. The van der Waals surface area contributed by atoms with E-state index >= 15 is 0 Å². The predicted molar refractivity (Wildman–Crippen MR) is 108 cm³/mol. The zero-order chi connectivity index (χ0) is 21.0. The van der Waals surface area contributed by atoms with Crippen molar-refractivity contribution in [2.24, 2.45) is 0 Å². The first-order valence-electron chi connectivity index (χ1n) is 8.64. The van der Waals surface area contributed by atoms with Crippen LogP contribution < -0.4 is 10.2 Å². The fourth-order valence-corrected chi connectivity index (χ4v) is 4.54. The number of amides is 2. The van der Waals surface area contributed by atoms with Crippen LogP contribution >= 0.6 is 12.4 Å². The van der Waals surface area contributed by atoms with Crippen molar-refractivity contribution in [2.45, 2.75) is 17.5 Å². The number of hydroxylamine groups is 1. The monoisotopic (exact) mass is 456 g/mol. The highest BCUT2D eigenvalue weighted by Gasteiger charge is 2.43. The molecule has 0 aliphatic carbocycles. The highest BCUT2D eigenvalue weighted by atomic mass is 35.5. The first kappa shape index (κ1) is 23.5. The Hall–Kier alpha value is -2.73. The Bertz CT molecular complexity index is 987. The second-order valence-corrected chi connectivity index (χ2v) is 8.20. The van der Waals surface area contributed by atoms with E-state index in [2.05, 4.69) is 4.98 Å². The number of nitrogens with one attached hydrogen (secondary N) is 1. The Morgan fingerprint density at radius 3 is 2.53 bits per heavy atom. The van der Waals surface area contributed by atoms with Gasteiger partial charge in [-0.2, -0.15) is 4.31 Å². The number of piperazine rings is 1. The number of carbonyl (C=O) groups excluding carboxylic acids is 2. The van der Waals surface area contributed by atoms with Crippen LogP contribution in [0.15, 0.2) is 53.6 Å². The van der Waals surface area contributed by atoms with Gasteiger partial charge < -0.3 is 9.64 Å². The van der Waals surface area contributed by atoms with E-state index in [4.69, 9.17) is 9.94 Å². The summed E-state index contributed by atoms with van der Waals surface area (Å²) in [6, 6.07) is 9.49. The van der Waals surface area contributed by atoms with E-state index in [1.165, 1.54) is 41.8 Å². The Balaban J connectivity index is 0.00000320. The Labute approximate surface area is 179 Å². The highest BCUT2D eigenvalue weighted by Crippen LogP contribution is 2.24. The van der Waals surface area contributed by atoms with Crippen molar-refractivity contribution >= 4 is 34.2 Å². The molecule has 2 N–H and O–H groups in total. The van der Waals surface area contributed by atoms with Crippen LogP contribution in [0, 0.1) is 0 Å². The first-order valence-corrected chi connectivity index (χ1v) is 10.1. The lowest BCUT2D eigenvalue weighted by atomic mass is 10.2. The average molecular weight is 457 g/mol. The molecule has 2 amide bonds. The quantitative estimate of drug-likeness (QED) is 0.476. The molecule has 1 unspecified atom stereocenters. The molecule has 162 valence electrons. The molecule has 0 bridgehead atoms. The molecule has 2 aromatic rings. The van der Waals surface area contributed by atoms with E-state index in [1.807, 2.05) is 0 Å². The fraction of sp³-hybridized carbons (Fsp3) is 0.278. The minimum Gasteiger partial charge on any atom is -0.497 e. The maximum absolute atomic E-state index is 13.1. The molecule has 1 atom stereocenters. The van der Waals surface area contributed by atoms with Gasteiger partial charge in [0.1, 0.15) is 11.8 Å². The zero-order valence-electron chi connectivity index (χ0n) is 16.0. The molecule has 3 rings (SSSR count). The molecule has 10 nitrogen and oxygen atoms in total. The topological polar surface area (TPSA) is 129 Å². The third kappa shape index (κ3) is 4.87. The van der Waals surface area contributed by atoms with Gasteiger partial charge in [-0.3, -0.25) is 19.8 Å². The van der Waals surface area contributed by atoms with Crippen molar-refractivity contribution in [3.63, 3.8) is 0 Å². The first-order chi connectivity index (χ1) is 13.9. The van der Waals surface area contributed by atoms with Gasteiger partial charge in [0.15, 0.2) is 0 Å². The minimum absolute atomic E-state index is 0. The zero-order valence-corrected chi connectivity index (χ0v) is 17.6. The van der Waals surface area contributed by atoms with Crippen molar-refractivity contribution in [2.75, 3.05) is 20.2 Å². The minimum atomic E-state index is -4.18. The SMILES string of the molecule is COc1ccc(S(=O)(=O)N2CC(=O)N(Cc3ccccn3)CC2C(=O)NO)cc1.Cl. The summed E-state index contributed by atoms with van der Waals surface area (Å²) in [5, 5.41) is 9.10. The summed E-state index contributed by atoms with van der Waals surface area (Å²) in [6.07, 6.45) is 1.57. The number of carbonyl (C=O) groups is 2. The van der Waals surface area contributed by atoms with Gasteiger partial charge >= 0.3 is 0 Å². The lowest BCUT2D eigenvalue weighted by molar-refractivity contribution is -0.143. The summed E-state index contributed by atoms with van der Waals surface area (Å²) >= 11 is 0. The molecule has 30 heavy (non-hydrogen) atoms. The number of methoxy groups -OCH3 is 1. The highest BCUT2D eigenvalue weighted by molar-refractivity contribution is 7.89. The molecule has 2 heterocycles. The Morgan fingerprint density at radius 1 is 1.27 bits per heavy atom. The third-order valence-corrected chi connectivity index (χ3v) is 6.41. The van der Waals surface area contributed by atoms with Crippen LogP contribution in [-0.4, -0.2) is 65.9 Å². The van der Waals surface area contributed by atoms with Crippen molar-refractivity contribution in [1.29, 1.82) is 0 Å². The molecule has 1 fully saturated rings. The number of halogens is 1. The molecule has 1 saturated heterocycles. The number of benzene rings is 1. The summed E-state index contributed by atoms with van der Waals surface area (Å²) in [6.45, 7) is -0.651. The molecule has 1 aromatic carbocycles. The predicted octanol–water partition coefficient (Wildman–Crippen LogP) is 0.419. The molecule has 0 saturated carbocycles. The number of hydrogen-bond donors (Lipinski definition) is 2. The van der Waals surface area contributed by atoms with Gasteiger partial charge in [0.25, 0.3) is 5.91 Å². The van der Waals surface area contributed by atoms with Gasteiger partial charge in [0, 0.05) is 12.7 Å². The van der Waals surface area contributed by atoms with Crippen LogP contribution in [0.4, 0.5) is 0 Å². The molecule has 1 aliphatic heterocycles. The average Bonchev–Trinajstić information content (AvgIpc) is 2.75. The van der Waals surface area contributed by atoms with Gasteiger partial charge in [-0.25, -0.2) is 13.9 Å². The summed E-state index contributed by atoms with van der Waals surface area (Å²) in [7, 11) is -2.73. The summed E-state index contributed by atoms with van der Waals surface area (Å²) in [5.74, 6) is -0.944. The Morgan fingerprint density at radius 2 is 1.97 bits per heavy atom. The van der Waals surface area contributed by atoms with Crippen LogP contribution in [0.2, 0.25) is 0 Å². The molecule has 1 aromatic heterocycles. The van der Waals surface area contributed by atoms with E-state index in [0.29, 0.717) is 11.4 Å². The second kappa shape index (κ2) is 9.85. The van der Waals surface area contributed by atoms with E-state index < -0.39 is 34.4 Å². The summed E-state index contributed by atoms with van der Waals surface area (Å²) in [5.41, 5.74) is 2.08. The van der Waals surface area contributed by atoms with Crippen molar-refractivity contribution < 1.29 is 28.0 Å². The summed E-state index contributed by atoms with van der Waals surface area (Å²) < 4.78 is 31.9. The second-order valence-electron chi connectivity index (χ2n) is 6.31. The Kier molecular flexibility index (Phi) is 7.73.